The van der Waals surface area contributed by atoms with Crippen LogP contribution in [0, 0.1) is 21.8 Å². The Morgan fingerprint density at radius 1 is 1.42 bits per heavy atom. The number of benzene rings is 1. The van der Waals surface area contributed by atoms with Gasteiger partial charge in [0.2, 0.25) is 0 Å². The van der Waals surface area contributed by atoms with E-state index in [0.29, 0.717) is 17.6 Å². The minimum atomic E-state index is -0.570. The van der Waals surface area contributed by atoms with Crippen molar-refractivity contribution in [1.82, 2.24) is 0 Å². The van der Waals surface area contributed by atoms with Gasteiger partial charge in [0.05, 0.1) is 11.0 Å². The van der Waals surface area contributed by atoms with Crippen molar-refractivity contribution in [3.63, 3.8) is 0 Å². The molecule has 2 unspecified atom stereocenters. The predicted molar refractivity (Wildman–Crippen MR) is 72.7 cm³/mol. The fourth-order valence-corrected chi connectivity index (χ4v) is 2.79. The zero-order chi connectivity index (χ0) is 13.8. The highest BCUT2D eigenvalue weighted by Gasteiger charge is 2.21. The van der Waals surface area contributed by atoms with Crippen molar-refractivity contribution in [2.75, 3.05) is 5.32 Å². The van der Waals surface area contributed by atoms with Gasteiger partial charge in [-0.1, -0.05) is 26.2 Å². The van der Waals surface area contributed by atoms with Crippen LogP contribution in [-0.4, -0.2) is 11.0 Å². The first-order valence-corrected chi connectivity index (χ1v) is 6.80. The van der Waals surface area contributed by atoms with Crippen LogP contribution in [0.4, 0.5) is 15.8 Å². The van der Waals surface area contributed by atoms with Crippen LogP contribution in [0.5, 0.6) is 0 Å². The summed E-state index contributed by atoms with van der Waals surface area (Å²) in [6.07, 6.45) is 5.66. The van der Waals surface area contributed by atoms with Crippen LogP contribution in [-0.2, 0) is 0 Å². The summed E-state index contributed by atoms with van der Waals surface area (Å²) >= 11 is 0. The fourth-order valence-electron chi connectivity index (χ4n) is 2.79. The van der Waals surface area contributed by atoms with Crippen LogP contribution in [0.3, 0.4) is 0 Å². The monoisotopic (exact) mass is 266 g/mol. The Morgan fingerprint density at radius 2 is 2.21 bits per heavy atom. The second kappa shape index (κ2) is 5.99. The molecule has 0 spiro atoms. The first-order valence-electron chi connectivity index (χ1n) is 6.80. The average Bonchev–Trinajstić information content (AvgIpc) is 2.38. The van der Waals surface area contributed by atoms with Gasteiger partial charge < -0.3 is 5.32 Å². The number of rotatable bonds is 4. The summed E-state index contributed by atoms with van der Waals surface area (Å²) in [5, 5.41) is 13.9. The zero-order valence-electron chi connectivity index (χ0n) is 11.1. The van der Waals surface area contributed by atoms with Gasteiger partial charge in [-0.05, 0) is 24.8 Å². The molecule has 0 amide bonds. The van der Waals surface area contributed by atoms with Crippen LogP contribution in [0.1, 0.15) is 39.0 Å². The Kier molecular flexibility index (Phi) is 4.35. The predicted octanol–water partition coefficient (Wildman–Crippen LogP) is 4.11. The summed E-state index contributed by atoms with van der Waals surface area (Å²) in [5.41, 5.74) is 0.304. The lowest BCUT2D eigenvalue weighted by atomic mass is 9.84. The van der Waals surface area contributed by atoms with Crippen molar-refractivity contribution in [1.29, 1.82) is 0 Å². The third-order valence-corrected chi connectivity index (χ3v) is 3.82. The van der Waals surface area contributed by atoms with Gasteiger partial charge in [-0.2, -0.15) is 0 Å². The third kappa shape index (κ3) is 3.66. The number of hydrogen-bond acceptors (Lipinski definition) is 3. The molecule has 1 N–H and O–H groups in total. The van der Waals surface area contributed by atoms with Crippen LogP contribution in [0.2, 0.25) is 0 Å². The van der Waals surface area contributed by atoms with Gasteiger partial charge in [0, 0.05) is 17.8 Å². The van der Waals surface area contributed by atoms with Crippen LogP contribution >= 0.6 is 0 Å². The summed E-state index contributed by atoms with van der Waals surface area (Å²) in [5.74, 6) is 0.134. The van der Waals surface area contributed by atoms with Gasteiger partial charge in [0.15, 0.2) is 0 Å². The van der Waals surface area contributed by atoms with Crippen LogP contribution in [0.25, 0.3) is 0 Å². The lowest BCUT2D eigenvalue weighted by Crippen LogP contribution is -2.27. The van der Waals surface area contributed by atoms with E-state index in [0.717, 1.165) is 31.7 Å². The maximum absolute atomic E-state index is 13.3. The van der Waals surface area contributed by atoms with E-state index >= 15 is 0 Å². The first kappa shape index (κ1) is 13.8. The SMILES string of the molecule is CCC1CCCC(Nc2cc(F)cc([N+](=O)[O-])c2)C1. The molecule has 0 saturated heterocycles. The van der Waals surface area contributed by atoms with Crippen molar-refractivity contribution < 1.29 is 9.31 Å². The van der Waals surface area contributed by atoms with Gasteiger partial charge >= 0.3 is 0 Å². The van der Waals surface area contributed by atoms with Crippen molar-refractivity contribution in [3.8, 4) is 0 Å². The largest absolute Gasteiger partial charge is 0.382 e. The number of anilines is 1. The number of nitro benzene ring substituents is 1. The standard InChI is InChI=1S/C14H19FN2O2/c1-2-10-4-3-5-12(6-10)16-13-7-11(15)8-14(9-13)17(18)19/h7-10,12,16H,2-6H2,1H3. The highest BCUT2D eigenvalue weighted by atomic mass is 19.1. The minimum absolute atomic E-state index is 0.203. The molecule has 1 aromatic rings. The molecule has 0 heterocycles. The lowest BCUT2D eigenvalue weighted by Gasteiger charge is -2.29. The minimum Gasteiger partial charge on any atom is -0.382 e. The quantitative estimate of drug-likeness (QED) is 0.659. The second-order valence-electron chi connectivity index (χ2n) is 5.24. The molecule has 0 aromatic heterocycles. The molecule has 1 saturated carbocycles. The van der Waals surface area contributed by atoms with E-state index in [9.17, 15) is 14.5 Å². The van der Waals surface area contributed by atoms with Crippen molar-refractivity contribution in [3.05, 3.63) is 34.1 Å². The summed E-state index contributed by atoms with van der Waals surface area (Å²) in [4.78, 5) is 10.1. The van der Waals surface area contributed by atoms with E-state index in [1.807, 2.05) is 0 Å². The molecule has 104 valence electrons. The Morgan fingerprint density at radius 3 is 2.89 bits per heavy atom. The topological polar surface area (TPSA) is 55.2 Å². The van der Waals surface area contributed by atoms with E-state index in [-0.39, 0.29) is 5.69 Å². The number of nitrogens with zero attached hydrogens (tertiary/aromatic N) is 1. The zero-order valence-corrected chi connectivity index (χ0v) is 11.1. The number of hydrogen-bond donors (Lipinski definition) is 1. The fraction of sp³-hybridized carbons (Fsp3) is 0.571. The van der Waals surface area contributed by atoms with E-state index in [2.05, 4.69) is 12.2 Å². The van der Waals surface area contributed by atoms with Crippen LogP contribution in [0.15, 0.2) is 18.2 Å². The van der Waals surface area contributed by atoms with Gasteiger partial charge in [-0.25, -0.2) is 4.39 Å². The normalized spacial score (nSPS) is 23.1. The smallest absolute Gasteiger partial charge is 0.274 e. The number of halogens is 1. The highest BCUT2D eigenvalue weighted by Crippen LogP contribution is 2.29. The number of nitrogens with one attached hydrogen (secondary N) is 1. The molecule has 0 bridgehead atoms. The van der Waals surface area contributed by atoms with Crippen molar-refractivity contribution in [2.24, 2.45) is 5.92 Å². The average molecular weight is 266 g/mol. The first-order chi connectivity index (χ1) is 9.08. The molecular weight excluding hydrogens is 247 g/mol. The highest BCUT2D eigenvalue weighted by molar-refractivity contribution is 5.52. The van der Waals surface area contributed by atoms with E-state index < -0.39 is 10.7 Å². The summed E-state index contributed by atoms with van der Waals surface area (Å²) < 4.78 is 13.3. The maximum Gasteiger partial charge on any atom is 0.274 e. The molecule has 0 radical (unpaired) electrons. The van der Waals surface area contributed by atoms with E-state index in [1.165, 1.54) is 18.6 Å². The number of nitro groups is 1. The molecule has 0 aliphatic heterocycles. The Hall–Kier alpha value is -1.65. The third-order valence-electron chi connectivity index (χ3n) is 3.82. The Labute approximate surface area is 112 Å². The molecular formula is C14H19FN2O2. The molecule has 5 heteroatoms. The van der Waals surface area contributed by atoms with E-state index in [1.54, 1.807) is 0 Å². The molecule has 1 aromatic carbocycles. The van der Waals surface area contributed by atoms with Gasteiger partial charge in [0.25, 0.3) is 5.69 Å². The van der Waals surface area contributed by atoms with Crippen LogP contribution < -0.4 is 5.32 Å². The summed E-state index contributed by atoms with van der Waals surface area (Å²) in [6, 6.07) is 3.96. The second-order valence-corrected chi connectivity index (χ2v) is 5.24. The van der Waals surface area contributed by atoms with Crippen molar-refractivity contribution >= 4 is 11.4 Å². The molecule has 1 fully saturated rings. The Balaban J connectivity index is 2.08. The van der Waals surface area contributed by atoms with Crippen molar-refractivity contribution in [2.45, 2.75) is 45.1 Å². The van der Waals surface area contributed by atoms with Gasteiger partial charge in [0.1, 0.15) is 5.82 Å². The molecule has 1 aliphatic carbocycles. The molecule has 19 heavy (non-hydrogen) atoms. The summed E-state index contributed by atoms with van der Waals surface area (Å²) in [7, 11) is 0. The van der Waals surface area contributed by atoms with Gasteiger partial charge in [-0.15, -0.1) is 0 Å². The summed E-state index contributed by atoms with van der Waals surface area (Å²) in [6.45, 7) is 2.18. The molecule has 4 nitrogen and oxygen atoms in total. The molecule has 2 rings (SSSR count). The molecule has 2 atom stereocenters. The van der Waals surface area contributed by atoms with Gasteiger partial charge in [-0.3, -0.25) is 10.1 Å². The Bertz CT molecular complexity index is 465. The van der Waals surface area contributed by atoms with E-state index in [4.69, 9.17) is 0 Å². The lowest BCUT2D eigenvalue weighted by molar-refractivity contribution is -0.385. The maximum atomic E-state index is 13.3. The number of non-ortho nitro benzene ring substituents is 1. The molecule has 1 aliphatic rings.